The number of quaternary nitrogens is 1. The van der Waals surface area contributed by atoms with E-state index in [4.69, 9.17) is 4.74 Å². The number of benzene rings is 1. The second-order valence-electron chi connectivity index (χ2n) is 6.62. The van der Waals surface area contributed by atoms with E-state index in [-0.39, 0.29) is 5.54 Å². The summed E-state index contributed by atoms with van der Waals surface area (Å²) >= 11 is 0. The minimum Gasteiger partial charge on any atom is -0.490 e. The minimum absolute atomic E-state index is 0.135. The van der Waals surface area contributed by atoms with Crippen molar-refractivity contribution in [2.45, 2.75) is 58.6 Å². The predicted molar refractivity (Wildman–Crippen MR) is 83.2 cm³/mol. The van der Waals surface area contributed by atoms with Crippen LogP contribution in [0.4, 0.5) is 0 Å². The summed E-state index contributed by atoms with van der Waals surface area (Å²) in [4.78, 5) is 0. The first kappa shape index (κ1) is 17.0. The van der Waals surface area contributed by atoms with E-state index in [1.165, 1.54) is 5.56 Å². The van der Waals surface area contributed by atoms with Gasteiger partial charge in [-0.05, 0) is 44.7 Å². The maximum atomic E-state index is 10.0. The van der Waals surface area contributed by atoms with Crippen molar-refractivity contribution in [3.05, 3.63) is 29.8 Å². The molecule has 0 heterocycles. The van der Waals surface area contributed by atoms with Crippen molar-refractivity contribution < 1.29 is 15.2 Å². The quantitative estimate of drug-likeness (QED) is 0.805. The van der Waals surface area contributed by atoms with Gasteiger partial charge in [-0.1, -0.05) is 32.0 Å². The van der Waals surface area contributed by atoms with Crippen LogP contribution in [-0.4, -0.2) is 29.9 Å². The molecule has 3 nitrogen and oxygen atoms in total. The summed E-state index contributed by atoms with van der Waals surface area (Å²) < 4.78 is 5.82. The van der Waals surface area contributed by atoms with Crippen molar-refractivity contribution in [3.63, 3.8) is 0 Å². The fourth-order valence-electron chi connectivity index (χ4n) is 1.98. The van der Waals surface area contributed by atoms with Crippen molar-refractivity contribution in [1.29, 1.82) is 0 Å². The normalized spacial score (nSPS) is 14.9. The van der Waals surface area contributed by atoms with E-state index >= 15 is 0 Å². The molecule has 20 heavy (non-hydrogen) atoms. The van der Waals surface area contributed by atoms with E-state index in [1.807, 2.05) is 18.2 Å². The molecular weight excluding hydrogens is 250 g/mol. The minimum atomic E-state index is -0.445. The zero-order valence-electron chi connectivity index (χ0n) is 13.5. The number of aliphatic hydroxyl groups is 1. The van der Waals surface area contributed by atoms with E-state index in [9.17, 15) is 5.11 Å². The number of para-hydroxylation sites is 1. The highest BCUT2D eigenvalue weighted by molar-refractivity contribution is 5.35. The molecule has 0 radical (unpaired) electrons. The van der Waals surface area contributed by atoms with Crippen LogP contribution in [0.25, 0.3) is 0 Å². The molecule has 0 spiro atoms. The van der Waals surface area contributed by atoms with Crippen LogP contribution in [0.15, 0.2) is 24.3 Å². The van der Waals surface area contributed by atoms with E-state index in [1.54, 1.807) is 0 Å². The Morgan fingerprint density at radius 1 is 1.25 bits per heavy atom. The standard InChI is InChI=1S/C17H29NO2/c1-6-13(2)15-9-7-8-10-16(15)20-12-14(19)11-18-17(3,4)5/h7-10,13-14,18-19H,6,11-12H2,1-5H3/p+1/t13-,14+/m1/s1. The molecule has 0 aliphatic heterocycles. The average Bonchev–Trinajstić information content (AvgIpc) is 2.41. The molecule has 0 amide bonds. The monoisotopic (exact) mass is 280 g/mol. The average molecular weight is 280 g/mol. The van der Waals surface area contributed by atoms with E-state index < -0.39 is 6.10 Å². The van der Waals surface area contributed by atoms with Crippen molar-refractivity contribution >= 4 is 0 Å². The molecule has 0 aromatic heterocycles. The Kier molecular flexibility index (Phi) is 6.50. The summed E-state index contributed by atoms with van der Waals surface area (Å²) in [6.45, 7) is 11.8. The molecule has 1 rings (SSSR count). The molecule has 0 unspecified atom stereocenters. The van der Waals surface area contributed by atoms with Crippen LogP contribution >= 0.6 is 0 Å². The van der Waals surface area contributed by atoms with Crippen molar-refractivity contribution in [2.75, 3.05) is 13.2 Å². The second-order valence-corrected chi connectivity index (χ2v) is 6.62. The number of aliphatic hydroxyl groups excluding tert-OH is 1. The third kappa shape index (κ3) is 5.93. The lowest BCUT2D eigenvalue weighted by atomic mass is 9.98. The van der Waals surface area contributed by atoms with Gasteiger partial charge in [0.25, 0.3) is 0 Å². The fourth-order valence-corrected chi connectivity index (χ4v) is 1.98. The summed E-state index contributed by atoms with van der Waals surface area (Å²) in [6, 6.07) is 8.12. The molecule has 2 atom stereocenters. The molecule has 0 saturated carbocycles. The first-order valence-corrected chi connectivity index (χ1v) is 7.57. The molecule has 3 N–H and O–H groups in total. The van der Waals surface area contributed by atoms with Crippen molar-refractivity contribution in [2.24, 2.45) is 0 Å². The Morgan fingerprint density at radius 3 is 2.50 bits per heavy atom. The SMILES string of the molecule is CC[C@@H](C)c1ccccc1OC[C@@H](O)C[NH2+]C(C)(C)C. The summed E-state index contributed by atoms with van der Waals surface area (Å²) in [5, 5.41) is 12.1. The number of nitrogens with two attached hydrogens (primary N) is 1. The number of hydrogen-bond acceptors (Lipinski definition) is 2. The molecule has 0 saturated heterocycles. The smallest absolute Gasteiger partial charge is 0.137 e. The summed E-state index contributed by atoms with van der Waals surface area (Å²) in [7, 11) is 0. The maximum Gasteiger partial charge on any atom is 0.137 e. The molecule has 0 bridgehead atoms. The van der Waals surface area contributed by atoms with E-state index in [0.29, 0.717) is 19.1 Å². The lowest BCUT2D eigenvalue weighted by molar-refractivity contribution is -0.722. The van der Waals surface area contributed by atoms with Crippen molar-refractivity contribution in [1.82, 2.24) is 0 Å². The van der Waals surface area contributed by atoms with Gasteiger partial charge in [0.2, 0.25) is 0 Å². The number of hydrogen-bond donors (Lipinski definition) is 2. The van der Waals surface area contributed by atoms with Gasteiger partial charge >= 0.3 is 0 Å². The van der Waals surface area contributed by atoms with Gasteiger partial charge in [0.05, 0.1) is 5.54 Å². The van der Waals surface area contributed by atoms with Gasteiger partial charge in [0.1, 0.15) is 25.0 Å². The van der Waals surface area contributed by atoms with Crippen molar-refractivity contribution in [3.8, 4) is 5.75 Å². The van der Waals surface area contributed by atoms with Gasteiger partial charge in [-0.15, -0.1) is 0 Å². The third-order valence-corrected chi connectivity index (χ3v) is 3.50. The van der Waals surface area contributed by atoms with Crippen LogP contribution in [0.3, 0.4) is 0 Å². The Labute approximate surface area is 123 Å². The van der Waals surface area contributed by atoms with Crippen LogP contribution < -0.4 is 10.1 Å². The molecule has 0 aliphatic carbocycles. The van der Waals surface area contributed by atoms with Gasteiger partial charge < -0.3 is 15.2 Å². The first-order valence-electron chi connectivity index (χ1n) is 7.57. The van der Waals surface area contributed by atoms with E-state index in [0.717, 1.165) is 12.2 Å². The molecule has 0 fully saturated rings. The van der Waals surface area contributed by atoms with Crippen LogP contribution in [0.1, 0.15) is 52.5 Å². The molecule has 114 valence electrons. The zero-order chi connectivity index (χ0) is 15.2. The number of rotatable bonds is 7. The highest BCUT2D eigenvalue weighted by atomic mass is 16.5. The Balaban J connectivity index is 2.53. The lowest BCUT2D eigenvalue weighted by Gasteiger charge is -2.20. The topological polar surface area (TPSA) is 46.1 Å². The maximum absolute atomic E-state index is 10.0. The highest BCUT2D eigenvalue weighted by Gasteiger charge is 2.17. The Hall–Kier alpha value is -1.06. The first-order chi connectivity index (χ1) is 9.33. The largest absolute Gasteiger partial charge is 0.490 e. The highest BCUT2D eigenvalue weighted by Crippen LogP contribution is 2.28. The predicted octanol–water partition coefficient (Wildman–Crippen LogP) is 2.30. The van der Waals surface area contributed by atoms with Crippen LogP contribution in [0, 0.1) is 0 Å². The second kappa shape index (κ2) is 7.65. The summed E-state index contributed by atoms with van der Waals surface area (Å²) in [5.74, 6) is 1.38. The van der Waals surface area contributed by atoms with Gasteiger partial charge in [0.15, 0.2) is 0 Å². The molecular formula is C17H30NO2+. The summed E-state index contributed by atoms with van der Waals surface area (Å²) in [5.41, 5.74) is 1.36. The van der Waals surface area contributed by atoms with Crippen LogP contribution in [-0.2, 0) is 0 Å². The molecule has 1 aromatic rings. The van der Waals surface area contributed by atoms with Gasteiger partial charge in [-0.25, -0.2) is 0 Å². The molecule has 1 aromatic carbocycles. The van der Waals surface area contributed by atoms with Gasteiger partial charge in [-0.2, -0.15) is 0 Å². The molecule has 0 aliphatic rings. The lowest BCUT2D eigenvalue weighted by Crippen LogP contribution is -2.96. The zero-order valence-corrected chi connectivity index (χ0v) is 13.5. The van der Waals surface area contributed by atoms with E-state index in [2.05, 4.69) is 46.0 Å². The van der Waals surface area contributed by atoms with Crippen LogP contribution in [0.2, 0.25) is 0 Å². The molecule has 3 heteroatoms. The van der Waals surface area contributed by atoms with Crippen LogP contribution in [0.5, 0.6) is 5.75 Å². The van der Waals surface area contributed by atoms with Gasteiger partial charge in [-0.3, -0.25) is 0 Å². The third-order valence-electron chi connectivity index (χ3n) is 3.50. The number of ether oxygens (including phenoxy) is 1. The van der Waals surface area contributed by atoms with Gasteiger partial charge in [0, 0.05) is 0 Å². The summed E-state index contributed by atoms with van der Waals surface area (Å²) in [6.07, 6.45) is 0.639. The fraction of sp³-hybridized carbons (Fsp3) is 0.647. The Morgan fingerprint density at radius 2 is 1.90 bits per heavy atom. The Bertz CT molecular complexity index is 398.